The number of hydrogen-bond donors (Lipinski definition) is 2. The number of nitrogens with two attached hydrogens (primary N) is 1. The van der Waals surface area contributed by atoms with E-state index in [0.29, 0.717) is 6.54 Å². The maximum absolute atomic E-state index is 12.9. The summed E-state index contributed by atoms with van der Waals surface area (Å²) >= 11 is 0. The zero-order chi connectivity index (χ0) is 10.2. The Labute approximate surface area is 82.5 Å². The van der Waals surface area contributed by atoms with Crippen molar-refractivity contribution < 1.29 is 9.50 Å². The van der Waals surface area contributed by atoms with Crippen molar-refractivity contribution in [1.82, 2.24) is 0 Å². The van der Waals surface area contributed by atoms with Crippen molar-refractivity contribution in [1.29, 1.82) is 0 Å². The number of hydrogen-bond acceptors (Lipinski definition) is 2. The lowest BCUT2D eigenvalue weighted by molar-refractivity contribution is 0.211. The molecule has 3 N–H and O–H groups in total. The van der Waals surface area contributed by atoms with Gasteiger partial charge in [0.15, 0.2) is 0 Å². The first-order valence-corrected chi connectivity index (χ1v) is 4.78. The van der Waals surface area contributed by atoms with E-state index in [1.54, 1.807) is 6.07 Å². The fraction of sp³-hybridized carbons (Fsp3) is 0.455. The molecular weight excluding hydrogens is 181 g/mol. The van der Waals surface area contributed by atoms with Crippen molar-refractivity contribution in [2.45, 2.75) is 12.3 Å². The van der Waals surface area contributed by atoms with Crippen molar-refractivity contribution in [3.63, 3.8) is 0 Å². The molecule has 76 valence electrons. The van der Waals surface area contributed by atoms with Crippen LogP contribution in [0.3, 0.4) is 0 Å². The summed E-state index contributed by atoms with van der Waals surface area (Å²) in [7, 11) is 0. The highest BCUT2D eigenvalue weighted by molar-refractivity contribution is 5.30. The predicted octanol–water partition coefficient (Wildman–Crippen LogP) is 1.25. The van der Waals surface area contributed by atoms with Crippen molar-refractivity contribution in [3.8, 4) is 0 Å². The molecule has 0 spiro atoms. The molecule has 0 amide bonds. The highest BCUT2D eigenvalue weighted by Crippen LogP contribution is 2.58. The highest BCUT2D eigenvalue weighted by Gasteiger charge is 2.53. The van der Waals surface area contributed by atoms with Crippen molar-refractivity contribution in [2.24, 2.45) is 11.1 Å². The fourth-order valence-corrected chi connectivity index (χ4v) is 2.01. The van der Waals surface area contributed by atoms with E-state index in [4.69, 9.17) is 5.73 Å². The minimum Gasteiger partial charge on any atom is -0.396 e. The van der Waals surface area contributed by atoms with Gasteiger partial charge in [0, 0.05) is 12.0 Å². The molecule has 0 saturated heterocycles. The first kappa shape index (κ1) is 9.62. The third kappa shape index (κ3) is 1.42. The molecule has 1 aliphatic rings. The standard InChI is InChI=1S/C11H14FNO/c12-9-3-1-2-8(4-9)10-5-11(10,6-13)7-14/h1-4,10,14H,5-7,13H2/t10-,11+/m1/s1. The van der Waals surface area contributed by atoms with Crippen molar-refractivity contribution in [3.05, 3.63) is 35.6 Å². The Morgan fingerprint density at radius 1 is 1.57 bits per heavy atom. The van der Waals surface area contributed by atoms with Crippen molar-refractivity contribution >= 4 is 0 Å². The van der Waals surface area contributed by atoms with Gasteiger partial charge >= 0.3 is 0 Å². The molecule has 0 aromatic heterocycles. The Morgan fingerprint density at radius 2 is 2.36 bits per heavy atom. The van der Waals surface area contributed by atoms with Gasteiger partial charge in [-0.05, 0) is 30.0 Å². The Bertz CT molecular complexity index is 336. The molecule has 0 unspecified atom stereocenters. The lowest BCUT2D eigenvalue weighted by atomic mass is 10.0. The van der Waals surface area contributed by atoms with Gasteiger partial charge in [-0.25, -0.2) is 4.39 Å². The first-order valence-electron chi connectivity index (χ1n) is 4.78. The van der Waals surface area contributed by atoms with E-state index in [2.05, 4.69) is 0 Å². The van der Waals surface area contributed by atoms with E-state index in [-0.39, 0.29) is 23.8 Å². The molecular formula is C11H14FNO. The van der Waals surface area contributed by atoms with Crippen LogP contribution in [0.2, 0.25) is 0 Å². The number of halogens is 1. The Balaban J connectivity index is 2.19. The molecule has 0 radical (unpaired) electrons. The van der Waals surface area contributed by atoms with Crippen LogP contribution < -0.4 is 5.73 Å². The van der Waals surface area contributed by atoms with Gasteiger partial charge in [-0.1, -0.05) is 12.1 Å². The largest absolute Gasteiger partial charge is 0.396 e. The van der Waals surface area contributed by atoms with Gasteiger partial charge in [-0.15, -0.1) is 0 Å². The van der Waals surface area contributed by atoms with Crippen LogP contribution in [0.25, 0.3) is 0 Å². The molecule has 2 nitrogen and oxygen atoms in total. The van der Waals surface area contributed by atoms with E-state index >= 15 is 0 Å². The summed E-state index contributed by atoms with van der Waals surface area (Å²) in [6, 6.07) is 6.54. The summed E-state index contributed by atoms with van der Waals surface area (Å²) in [5.41, 5.74) is 6.35. The predicted molar refractivity (Wildman–Crippen MR) is 52.3 cm³/mol. The van der Waals surface area contributed by atoms with Crippen LogP contribution >= 0.6 is 0 Å². The molecule has 0 aliphatic heterocycles. The molecule has 0 bridgehead atoms. The Morgan fingerprint density at radius 3 is 2.86 bits per heavy atom. The second-order valence-corrected chi connectivity index (χ2v) is 4.04. The summed E-state index contributed by atoms with van der Waals surface area (Å²) < 4.78 is 12.9. The monoisotopic (exact) mass is 195 g/mol. The van der Waals surface area contributed by atoms with Gasteiger partial charge in [0.05, 0.1) is 6.61 Å². The second-order valence-electron chi connectivity index (χ2n) is 4.04. The number of rotatable bonds is 3. The van der Waals surface area contributed by atoms with Crippen LogP contribution in [0.15, 0.2) is 24.3 Å². The fourth-order valence-electron chi connectivity index (χ4n) is 2.01. The van der Waals surface area contributed by atoms with Crippen LogP contribution in [0.4, 0.5) is 4.39 Å². The number of aliphatic hydroxyl groups is 1. The summed E-state index contributed by atoms with van der Waals surface area (Å²) in [5, 5.41) is 9.18. The maximum atomic E-state index is 12.9. The maximum Gasteiger partial charge on any atom is 0.123 e. The van der Waals surface area contributed by atoms with Crippen LogP contribution in [0.5, 0.6) is 0 Å². The molecule has 3 heteroatoms. The summed E-state index contributed by atoms with van der Waals surface area (Å²) in [4.78, 5) is 0. The van der Waals surface area contributed by atoms with Gasteiger partial charge in [-0.2, -0.15) is 0 Å². The zero-order valence-corrected chi connectivity index (χ0v) is 7.91. The van der Waals surface area contributed by atoms with Crippen LogP contribution in [-0.2, 0) is 0 Å². The molecule has 1 aromatic carbocycles. The molecule has 1 aromatic rings. The molecule has 1 aliphatic carbocycles. The number of benzene rings is 1. The average Bonchev–Trinajstić information content (AvgIpc) is 2.93. The summed E-state index contributed by atoms with van der Waals surface area (Å²) in [6.07, 6.45) is 0.865. The summed E-state index contributed by atoms with van der Waals surface area (Å²) in [6.45, 7) is 0.551. The quantitative estimate of drug-likeness (QED) is 0.762. The van der Waals surface area contributed by atoms with Gasteiger partial charge in [0.25, 0.3) is 0 Å². The molecule has 2 atom stereocenters. The van der Waals surface area contributed by atoms with Crippen molar-refractivity contribution in [2.75, 3.05) is 13.2 Å². The lowest BCUT2D eigenvalue weighted by Crippen LogP contribution is -2.21. The lowest BCUT2D eigenvalue weighted by Gasteiger charge is -2.10. The van der Waals surface area contributed by atoms with E-state index in [1.807, 2.05) is 6.07 Å². The van der Waals surface area contributed by atoms with Crippen LogP contribution in [0, 0.1) is 11.2 Å². The van der Waals surface area contributed by atoms with E-state index < -0.39 is 0 Å². The summed E-state index contributed by atoms with van der Waals surface area (Å²) in [5.74, 6) is 0.00598. The van der Waals surface area contributed by atoms with E-state index in [0.717, 1.165) is 12.0 Å². The van der Waals surface area contributed by atoms with Gasteiger partial charge in [0.1, 0.15) is 5.82 Å². The first-order chi connectivity index (χ1) is 6.72. The third-order valence-corrected chi connectivity index (χ3v) is 3.16. The second kappa shape index (κ2) is 3.33. The SMILES string of the molecule is NC[C@]1(CO)C[C@@H]1c1cccc(F)c1. The minimum absolute atomic E-state index is 0.0880. The normalized spacial score (nSPS) is 30.4. The van der Waals surface area contributed by atoms with Crippen LogP contribution in [0.1, 0.15) is 17.9 Å². The van der Waals surface area contributed by atoms with Crippen LogP contribution in [-0.4, -0.2) is 18.3 Å². The Kier molecular flexibility index (Phi) is 2.29. The molecule has 2 rings (SSSR count). The minimum atomic E-state index is -0.224. The smallest absolute Gasteiger partial charge is 0.123 e. The van der Waals surface area contributed by atoms with Gasteiger partial charge in [-0.3, -0.25) is 0 Å². The highest BCUT2D eigenvalue weighted by atomic mass is 19.1. The van der Waals surface area contributed by atoms with E-state index in [9.17, 15) is 9.50 Å². The van der Waals surface area contributed by atoms with E-state index in [1.165, 1.54) is 12.1 Å². The topological polar surface area (TPSA) is 46.2 Å². The van der Waals surface area contributed by atoms with Gasteiger partial charge < -0.3 is 10.8 Å². The molecule has 1 fully saturated rings. The molecule has 0 heterocycles. The van der Waals surface area contributed by atoms with Gasteiger partial charge in [0.2, 0.25) is 0 Å². The molecule has 1 saturated carbocycles. The third-order valence-electron chi connectivity index (χ3n) is 3.16. The molecule has 14 heavy (non-hydrogen) atoms. The number of aliphatic hydroxyl groups excluding tert-OH is 1. The Hall–Kier alpha value is -0.930. The zero-order valence-electron chi connectivity index (χ0n) is 7.91. The average molecular weight is 195 g/mol.